The van der Waals surface area contributed by atoms with E-state index in [4.69, 9.17) is 0 Å². The summed E-state index contributed by atoms with van der Waals surface area (Å²) in [7, 11) is 0. The van der Waals surface area contributed by atoms with Crippen LogP contribution in [0.3, 0.4) is 0 Å². The molecule has 0 atom stereocenters. The van der Waals surface area contributed by atoms with Crippen LogP contribution in [0.5, 0.6) is 0 Å². The van der Waals surface area contributed by atoms with Crippen LogP contribution in [0.2, 0.25) is 0 Å². The Morgan fingerprint density at radius 3 is 2.00 bits per heavy atom. The van der Waals surface area contributed by atoms with E-state index in [2.05, 4.69) is 20.3 Å². The second-order valence-electron chi connectivity index (χ2n) is 1.49. The molecule has 0 saturated carbocycles. The molecule has 0 heterocycles. The number of unbranched alkanes of at least 4 members (excludes halogenated alkanes) is 3. The molecule has 0 amide bonds. The van der Waals surface area contributed by atoms with Gasteiger partial charge in [0, 0.05) is 27.3 Å². The van der Waals surface area contributed by atoms with E-state index in [1.807, 2.05) is 0 Å². The molecule has 0 saturated heterocycles. The molecule has 0 unspecified atom stereocenters. The molecule has 0 nitrogen and oxygen atoms in total. The monoisotopic (exact) mass is 199 g/mol. The summed E-state index contributed by atoms with van der Waals surface area (Å²) >= 11 is 0. The van der Waals surface area contributed by atoms with Crippen molar-refractivity contribution in [3.63, 3.8) is 0 Å². The van der Waals surface area contributed by atoms with Crippen LogP contribution >= 0.6 is 0 Å². The number of hydrogen-bond donors (Lipinski definition) is 0. The van der Waals surface area contributed by atoms with Gasteiger partial charge in [0.1, 0.15) is 0 Å². The first-order valence-electron chi connectivity index (χ1n) is 2.73. The summed E-state index contributed by atoms with van der Waals surface area (Å²) in [6.07, 6.45) is 6.12. The van der Waals surface area contributed by atoms with E-state index in [-0.39, 0.29) is 27.3 Å². The van der Waals surface area contributed by atoms with E-state index < -0.39 is 0 Å². The second-order valence-corrected chi connectivity index (χ2v) is 1.49. The van der Waals surface area contributed by atoms with Gasteiger partial charge in [-0.2, -0.15) is 12.8 Å². The first-order chi connectivity index (χ1) is 2.91. The van der Waals surface area contributed by atoms with Gasteiger partial charge in [0.15, 0.2) is 0 Å². The van der Waals surface area contributed by atoms with Crippen LogP contribution in [0.1, 0.15) is 33.1 Å². The molecule has 0 bridgehead atoms. The second kappa shape index (κ2) is 10.0. The number of hydrogen-bond acceptors (Lipinski definition) is 0. The maximum atomic E-state index is 2.31. The average Bonchev–Trinajstić information content (AvgIpc) is 1.61. The SMILES string of the molecule is CC[CH-]CCC.[Cd]. The van der Waals surface area contributed by atoms with Crippen molar-refractivity contribution in [1.82, 2.24) is 0 Å². The van der Waals surface area contributed by atoms with Crippen LogP contribution in [-0.4, -0.2) is 0 Å². The van der Waals surface area contributed by atoms with Gasteiger partial charge >= 0.3 is 0 Å². The number of rotatable bonds is 3. The molecule has 0 radical (unpaired) electrons. The summed E-state index contributed by atoms with van der Waals surface area (Å²) in [5, 5.41) is 0. The fourth-order valence-corrected chi connectivity index (χ4v) is 0.408. The van der Waals surface area contributed by atoms with Crippen molar-refractivity contribution in [3.05, 3.63) is 6.42 Å². The van der Waals surface area contributed by atoms with Gasteiger partial charge in [0.2, 0.25) is 0 Å². The topological polar surface area (TPSA) is 0 Å². The van der Waals surface area contributed by atoms with E-state index in [1.165, 1.54) is 19.3 Å². The van der Waals surface area contributed by atoms with Crippen molar-refractivity contribution in [3.8, 4) is 0 Å². The Hall–Kier alpha value is 0.922. The Bertz CT molecular complexity index is 16.1. The van der Waals surface area contributed by atoms with Crippen LogP contribution in [-0.2, 0) is 27.3 Å². The van der Waals surface area contributed by atoms with E-state index in [9.17, 15) is 0 Å². The Morgan fingerprint density at radius 2 is 1.86 bits per heavy atom. The molecular formula is C6H13Cd-. The molecule has 0 aliphatic rings. The van der Waals surface area contributed by atoms with Crippen molar-refractivity contribution < 1.29 is 27.3 Å². The molecule has 1 heteroatoms. The Morgan fingerprint density at radius 1 is 1.29 bits per heavy atom. The Labute approximate surface area is 66.8 Å². The molecule has 0 rings (SSSR count). The zero-order valence-electron chi connectivity index (χ0n) is 5.41. The van der Waals surface area contributed by atoms with Crippen LogP contribution in [0.4, 0.5) is 0 Å². The Balaban J connectivity index is 0. The summed E-state index contributed by atoms with van der Waals surface area (Å²) in [5.41, 5.74) is 0. The molecule has 0 aliphatic carbocycles. The molecule has 0 N–H and O–H groups in total. The van der Waals surface area contributed by atoms with Gasteiger partial charge in [-0.3, -0.25) is 0 Å². The van der Waals surface area contributed by atoms with E-state index in [0.717, 1.165) is 0 Å². The average molecular weight is 198 g/mol. The fourth-order valence-electron chi connectivity index (χ4n) is 0.408. The third-order valence-electron chi connectivity index (χ3n) is 0.781. The van der Waals surface area contributed by atoms with Crippen LogP contribution in [0.25, 0.3) is 0 Å². The first kappa shape index (κ1) is 10.8. The molecule has 7 heavy (non-hydrogen) atoms. The predicted molar refractivity (Wildman–Crippen MR) is 29.5 cm³/mol. The standard InChI is InChI=1S/C6H13.Cd/c1-3-5-6-4-2;/h5H,3-4,6H2,1-2H3;/q-1;. The zero-order chi connectivity index (χ0) is 4.83. The van der Waals surface area contributed by atoms with Crippen LogP contribution < -0.4 is 0 Å². The maximum Gasteiger partial charge on any atom is 0 e. The molecule has 40 valence electrons. The molecular weight excluding hydrogens is 184 g/mol. The zero-order valence-corrected chi connectivity index (χ0v) is 9.44. The third-order valence-corrected chi connectivity index (χ3v) is 0.781. The first-order valence-corrected chi connectivity index (χ1v) is 2.73. The van der Waals surface area contributed by atoms with E-state index in [1.54, 1.807) is 0 Å². The normalized spacial score (nSPS) is 7.71. The van der Waals surface area contributed by atoms with Gasteiger partial charge in [0.05, 0.1) is 0 Å². The summed E-state index contributed by atoms with van der Waals surface area (Å²) in [6.45, 7) is 4.38. The molecule has 0 aliphatic heterocycles. The third kappa shape index (κ3) is 10.9. The van der Waals surface area contributed by atoms with Gasteiger partial charge < -0.3 is 6.42 Å². The quantitative estimate of drug-likeness (QED) is 0.370. The largest absolute Gasteiger partial charge is 0.329 e. The molecule has 0 fully saturated rings. The minimum absolute atomic E-state index is 0. The predicted octanol–water partition coefficient (Wildman–Crippen LogP) is 2.40. The molecule has 0 aromatic carbocycles. The molecule has 0 aromatic heterocycles. The van der Waals surface area contributed by atoms with Gasteiger partial charge in [-0.1, -0.05) is 20.3 Å². The van der Waals surface area contributed by atoms with Crippen molar-refractivity contribution >= 4 is 0 Å². The van der Waals surface area contributed by atoms with Gasteiger partial charge in [-0.25, -0.2) is 0 Å². The van der Waals surface area contributed by atoms with Gasteiger partial charge in [-0.15, -0.1) is 0 Å². The maximum absolute atomic E-state index is 2.31. The summed E-state index contributed by atoms with van der Waals surface area (Å²) in [6, 6.07) is 0. The van der Waals surface area contributed by atoms with Crippen molar-refractivity contribution in [2.45, 2.75) is 33.1 Å². The summed E-state index contributed by atoms with van der Waals surface area (Å²) in [5.74, 6) is 0. The smallest absolute Gasteiger partial charge is 0 e. The minimum atomic E-state index is 0. The van der Waals surface area contributed by atoms with Crippen LogP contribution in [0, 0.1) is 6.42 Å². The Kier molecular flexibility index (Phi) is 15.5. The fraction of sp³-hybridized carbons (Fsp3) is 0.833. The minimum Gasteiger partial charge on any atom is -0.329 e. The van der Waals surface area contributed by atoms with Crippen molar-refractivity contribution in [2.75, 3.05) is 0 Å². The van der Waals surface area contributed by atoms with Gasteiger partial charge in [-0.05, 0) is 0 Å². The van der Waals surface area contributed by atoms with Crippen molar-refractivity contribution in [1.29, 1.82) is 0 Å². The summed E-state index contributed by atoms with van der Waals surface area (Å²) < 4.78 is 0. The van der Waals surface area contributed by atoms with Crippen LogP contribution in [0.15, 0.2) is 0 Å². The van der Waals surface area contributed by atoms with Crippen molar-refractivity contribution in [2.24, 2.45) is 0 Å². The van der Waals surface area contributed by atoms with E-state index in [0.29, 0.717) is 0 Å². The van der Waals surface area contributed by atoms with Gasteiger partial charge in [0.25, 0.3) is 0 Å². The summed E-state index contributed by atoms with van der Waals surface area (Å²) in [4.78, 5) is 0. The molecule has 0 aromatic rings. The molecule has 0 spiro atoms. The van der Waals surface area contributed by atoms with E-state index >= 15 is 0 Å².